The molecule has 0 saturated heterocycles. The van der Waals surface area contributed by atoms with Gasteiger partial charge < -0.3 is 5.73 Å². The summed E-state index contributed by atoms with van der Waals surface area (Å²) >= 11 is 3.39. The molecule has 0 saturated carbocycles. The van der Waals surface area contributed by atoms with Crippen molar-refractivity contribution < 1.29 is 0 Å². The Bertz CT molecular complexity index is 778. The summed E-state index contributed by atoms with van der Waals surface area (Å²) in [5, 5.41) is 8.34. The molecule has 2 aromatic heterocycles. The number of nitrogens with zero attached hydrogens (tertiary/aromatic N) is 4. The lowest BCUT2D eigenvalue weighted by Gasteiger charge is -2.06. The molecule has 96 valence electrons. The molecule has 0 aliphatic heterocycles. The number of nitrogen functional groups attached to an aromatic ring is 1. The summed E-state index contributed by atoms with van der Waals surface area (Å²) in [5.41, 5.74) is 9.48. The van der Waals surface area contributed by atoms with Crippen LogP contribution in [-0.4, -0.2) is 19.6 Å². The molecule has 2 heterocycles. The Morgan fingerprint density at radius 2 is 1.95 bits per heavy atom. The van der Waals surface area contributed by atoms with Gasteiger partial charge in [0, 0.05) is 27.1 Å². The predicted molar refractivity (Wildman–Crippen MR) is 77.8 cm³/mol. The minimum atomic E-state index is 0.606. The fourth-order valence-electron chi connectivity index (χ4n) is 2.10. The van der Waals surface area contributed by atoms with Gasteiger partial charge in [-0.25, -0.2) is 4.98 Å². The van der Waals surface area contributed by atoms with Crippen LogP contribution >= 0.6 is 15.9 Å². The third-order valence-corrected chi connectivity index (χ3v) is 3.67. The summed E-state index contributed by atoms with van der Waals surface area (Å²) < 4.78 is 2.80. The summed E-state index contributed by atoms with van der Waals surface area (Å²) in [6.07, 6.45) is 0. The highest BCUT2D eigenvalue weighted by atomic mass is 79.9. The fourth-order valence-corrected chi connectivity index (χ4v) is 2.35. The summed E-state index contributed by atoms with van der Waals surface area (Å²) in [4.78, 5) is 4.37. The van der Waals surface area contributed by atoms with E-state index in [1.807, 2.05) is 42.5 Å². The van der Waals surface area contributed by atoms with Crippen LogP contribution in [0.1, 0.15) is 11.4 Å². The zero-order chi connectivity index (χ0) is 13.6. The number of halogens is 1. The summed E-state index contributed by atoms with van der Waals surface area (Å²) in [5.74, 6) is 1.35. The normalized spacial score (nSPS) is 11.1. The van der Waals surface area contributed by atoms with Gasteiger partial charge in [0.1, 0.15) is 0 Å². The lowest BCUT2D eigenvalue weighted by atomic mass is 10.2. The molecule has 0 fully saturated rings. The van der Waals surface area contributed by atoms with Crippen LogP contribution in [-0.2, 0) is 0 Å². The van der Waals surface area contributed by atoms with Crippen molar-refractivity contribution in [1.29, 1.82) is 0 Å². The number of anilines is 1. The average molecular weight is 318 g/mol. The summed E-state index contributed by atoms with van der Waals surface area (Å²) in [6, 6.07) is 7.74. The molecule has 1 aromatic carbocycles. The number of hydrogen-bond donors (Lipinski definition) is 1. The van der Waals surface area contributed by atoms with Gasteiger partial charge in [0.05, 0.1) is 0 Å². The molecule has 0 amide bonds. The highest BCUT2D eigenvalue weighted by Gasteiger charge is 2.12. The van der Waals surface area contributed by atoms with E-state index in [1.165, 1.54) is 0 Å². The van der Waals surface area contributed by atoms with Crippen LogP contribution in [0.2, 0.25) is 0 Å². The van der Waals surface area contributed by atoms with E-state index in [2.05, 4.69) is 31.1 Å². The Morgan fingerprint density at radius 3 is 2.68 bits per heavy atom. The third-order valence-electron chi connectivity index (χ3n) is 2.95. The quantitative estimate of drug-likeness (QED) is 0.701. The van der Waals surface area contributed by atoms with Crippen molar-refractivity contribution in [3.63, 3.8) is 0 Å². The number of benzene rings is 1. The number of nitrogens with two attached hydrogens (primary N) is 1. The van der Waals surface area contributed by atoms with E-state index in [0.717, 1.165) is 27.2 Å². The van der Waals surface area contributed by atoms with Gasteiger partial charge in [-0.2, -0.15) is 0 Å². The topological polar surface area (TPSA) is 69.1 Å². The van der Waals surface area contributed by atoms with Gasteiger partial charge in [0.25, 0.3) is 5.78 Å². The van der Waals surface area contributed by atoms with Gasteiger partial charge in [-0.15, -0.1) is 10.2 Å². The van der Waals surface area contributed by atoms with Crippen molar-refractivity contribution in [3.8, 4) is 11.4 Å². The van der Waals surface area contributed by atoms with Crippen LogP contribution in [0.5, 0.6) is 0 Å². The number of aromatic nitrogens is 4. The van der Waals surface area contributed by atoms with Gasteiger partial charge in [0.15, 0.2) is 5.82 Å². The van der Waals surface area contributed by atoms with Gasteiger partial charge in [-0.1, -0.05) is 0 Å². The molecule has 0 aliphatic carbocycles. The van der Waals surface area contributed by atoms with Gasteiger partial charge in [-0.05, 0) is 54.0 Å². The van der Waals surface area contributed by atoms with E-state index in [4.69, 9.17) is 5.73 Å². The van der Waals surface area contributed by atoms with E-state index in [0.29, 0.717) is 11.5 Å². The molecule has 5 nitrogen and oxygen atoms in total. The van der Waals surface area contributed by atoms with Crippen molar-refractivity contribution in [2.75, 3.05) is 5.73 Å². The van der Waals surface area contributed by atoms with Crippen LogP contribution in [0.4, 0.5) is 5.69 Å². The Balaban J connectivity index is 2.28. The number of rotatable bonds is 1. The standard InChI is InChI=1S/C13H12BrN5/c1-7-5-8(2)19-12(17-18-13(19)16-7)9-3-4-10(14)11(15)6-9/h3-6H,15H2,1-2H3. The lowest BCUT2D eigenvalue weighted by molar-refractivity contribution is 1.02. The largest absolute Gasteiger partial charge is 0.398 e. The minimum Gasteiger partial charge on any atom is -0.398 e. The van der Waals surface area contributed by atoms with Crippen LogP contribution < -0.4 is 5.73 Å². The van der Waals surface area contributed by atoms with Crippen molar-refractivity contribution in [3.05, 3.63) is 40.1 Å². The van der Waals surface area contributed by atoms with Gasteiger partial charge in [0.2, 0.25) is 0 Å². The second-order valence-corrected chi connectivity index (χ2v) is 5.29. The maximum atomic E-state index is 5.91. The first kappa shape index (κ1) is 12.1. The van der Waals surface area contributed by atoms with Crippen molar-refractivity contribution in [1.82, 2.24) is 19.6 Å². The van der Waals surface area contributed by atoms with Crippen LogP contribution in [0, 0.1) is 13.8 Å². The fraction of sp³-hybridized carbons (Fsp3) is 0.154. The first-order valence-electron chi connectivity index (χ1n) is 5.81. The van der Waals surface area contributed by atoms with Crippen LogP contribution in [0.15, 0.2) is 28.7 Å². The highest BCUT2D eigenvalue weighted by Crippen LogP contribution is 2.26. The molecule has 2 N–H and O–H groups in total. The number of hydrogen-bond acceptors (Lipinski definition) is 4. The Hall–Kier alpha value is -1.95. The van der Waals surface area contributed by atoms with Crippen LogP contribution in [0.3, 0.4) is 0 Å². The van der Waals surface area contributed by atoms with E-state index in [1.54, 1.807) is 0 Å². The van der Waals surface area contributed by atoms with E-state index < -0.39 is 0 Å². The Labute approximate surface area is 118 Å². The maximum absolute atomic E-state index is 5.91. The highest BCUT2D eigenvalue weighted by molar-refractivity contribution is 9.10. The lowest BCUT2D eigenvalue weighted by Crippen LogP contribution is -1.98. The Morgan fingerprint density at radius 1 is 1.16 bits per heavy atom. The van der Waals surface area contributed by atoms with Crippen molar-refractivity contribution >= 4 is 27.4 Å². The molecule has 6 heteroatoms. The van der Waals surface area contributed by atoms with Gasteiger partial charge >= 0.3 is 0 Å². The molecular formula is C13H12BrN5. The zero-order valence-electron chi connectivity index (χ0n) is 10.6. The zero-order valence-corrected chi connectivity index (χ0v) is 12.1. The molecular weight excluding hydrogens is 306 g/mol. The molecule has 0 spiro atoms. The first-order chi connectivity index (χ1) is 9.06. The van der Waals surface area contributed by atoms with E-state index in [-0.39, 0.29) is 0 Å². The summed E-state index contributed by atoms with van der Waals surface area (Å²) in [7, 11) is 0. The second kappa shape index (κ2) is 4.31. The molecule has 3 rings (SSSR count). The molecule has 0 aliphatic rings. The monoisotopic (exact) mass is 317 g/mol. The number of aryl methyl sites for hydroxylation is 2. The predicted octanol–water partition coefficient (Wildman–Crippen LogP) is 2.75. The molecule has 0 atom stereocenters. The molecule has 0 bridgehead atoms. The van der Waals surface area contributed by atoms with Gasteiger partial charge in [-0.3, -0.25) is 4.40 Å². The molecule has 0 unspecified atom stereocenters. The molecule has 0 radical (unpaired) electrons. The smallest absolute Gasteiger partial charge is 0.255 e. The SMILES string of the molecule is Cc1cc(C)n2c(-c3ccc(Br)c(N)c3)nnc2n1. The van der Waals surface area contributed by atoms with Crippen molar-refractivity contribution in [2.45, 2.75) is 13.8 Å². The average Bonchev–Trinajstić information content (AvgIpc) is 2.76. The molecule has 3 aromatic rings. The maximum Gasteiger partial charge on any atom is 0.255 e. The van der Waals surface area contributed by atoms with Crippen molar-refractivity contribution in [2.24, 2.45) is 0 Å². The molecule has 19 heavy (non-hydrogen) atoms. The minimum absolute atomic E-state index is 0.606. The van der Waals surface area contributed by atoms with E-state index >= 15 is 0 Å². The summed E-state index contributed by atoms with van der Waals surface area (Å²) in [6.45, 7) is 3.95. The van der Waals surface area contributed by atoms with E-state index in [9.17, 15) is 0 Å². The Kier molecular flexibility index (Phi) is 2.74. The third kappa shape index (κ3) is 1.98. The number of fused-ring (bicyclic) bond motifs is 1. The first-order valence-corrected chi connectivity index (χ1v) is 6.60. The second-order valence-electron chi connectivity index (χ2n) is 4.43. The van der Waals surface area contributed by atoms with Crippen LogP contribution in [0.25, 0.3) is 17.2 Å².